The molecular weight excluding hydrogens is 316 g/mol. The van der Waals surface area contributed by atoms with Crippen LogP contribution in [0.5, 0.6) is 0 Å². The molecule has 1 aliphatic rings. The van der Waals surface area contributed by atoms with Gasteiger partial charge in [-0.15, -0.1) is 0 Å². The highest BCUT2D eigenvalue weighted by Gasteiger charge is 2.22. The molecule has 3 heterocycles. The van der Waals surface area contributed by atoms with E-state index >= 15 is 0 Å². The first-order valence-corrected chi connectivity index (χ1v) is 8.32. The van der Waals surface area contributed by atoms with E-state index in [1.54, 1.807) is 6.20 Å². The lowest BCUT2D eigenvalue weighted by Gasteiger charge is -2.26. The van der Waals surface area contributed by atoms with E-state index in [-0.39, 0.29) is 6.10 Å². The lowest BCUT2D eigenvalue weighted by Crippen LogP contribution is -2.20. The SMILES string of the molecule is c1ccc2c(c1)CCOC2Cn1ccnc1-c1cccc2nonc12. The number of benzene rings is 2. The van der Waals surface area contributed by atoms with Crippen LogP contribution in [0.2, 0.25) is 0 Å². The first kappa shape index (κ1) is 14.4. The molecule has 1 atom stereocenters. The van der Waals surface area contributed by atoms with Crippen molar-refractivity contribution in [1.82, 2.24) is 19.9 Å². The van der Waals surface area contributed by atoms with Crippen LogP contribution in [-0.4, -0.2) is 26.5 Å². The lowest BCUT2D eigenvalue weighted by atomic mass is 9.97. The third-order valence-corrected chi connectivity index (χ3v) is 4.70. The minimum Gasteiger partial charge on any atom is -0.371 e. The van der Waals surface area contributed by atoms with Crippen LogP contribution in [0, 0.1) is 0 Å². The van der Waals surface area contributed by atoms with E-state index in [0.29, 0.717) is 6.54 Å². The third-order valence-electron chi connectivity index (χ3n) is 4.70. The second kappa shape index (κ2) is 5.82. The van der Waals surface area contributed by atoms with Gasteiger partial charge in [-0.05, 0) is 40.0 Å². The van der Waals surface area contributed by atoms with E-state index in [2.05, 4.69) is 44.1 Å². The summed E-state index contributed by atoms with van der Waals surface area (Å²) in [7, 11) is 0. The molecule has 0 amide bonds. The molecule has 0 fully saturated rings. The Morgan fingerprint density at radius 3 is 3.04 bits per heavy atom. The highest BCUT2D eigenvalue weighted by atomic mass is 16.6. The molecule has 6 nitrogen and oxygen atoms in total. The summed E-state index contributed by atoms with van der Waals surface area (Å²) in [5.41, 5.74) is 4.98. The summed E-state index contributed by atoms with van der Waals surface area (Å²) >= 11 is 0. The fraction of sp³-hybridized carbons (Fsp3) is 0.211. The van der Waals surface area contributed by atoms with Crippen molar-refractivity contribution in [3.8, 4) is 11.4 Å². The predicted molar refractivity (Wildman–Crippen MR) is 91.9 cm³/mol. The average Bonchev–Trinajstić information content (AvgIpc) is 3.31. The van der Waals surface area contributed by atoms with Crippen molar-refractivity contribution in [3.63, 3.8) is 0 Å². The number of nitrogens with zero attached hydrogens (tertiary/aromatic N) is 4. The van der Waals surface area contributed by atoms with Crippen molar-refractivity contribution >= 4 is 11.0 Å². The number of rotatable bonds is 3. The number of hydrogen-bond acceptors (Lipinski definition) is 5. The number of aromatic nitrogens is 4. The van der Waals surface area contributed by atoms with Crippen LogP contribution >= 0.6 is 0 Å². The van der Waals surface area contributed by atoms with Crippen LogP contribution in [0.1, 0.15) is 17.2 Å². The molecule has 6 heteroatoms. The van der Waals surface area contributed by atoms with Crippen LogP contribution in [0.4, 0.5) is 0 Å². The second-order valence-electron chi connectivity index (χ2n) is 6.15. The summed E-state index contributed by atoms with van der Waals surface area (Å²) in [4.78, 5) is 4.54. The fourth-order valence-corrected chi connectivity index (χ4v) is 3.49. The molecule has 1 unspecified atom stereocenters. The Labute approximate surface area is 144 Å². The van der Waals surface area contributed by atoms with Crippen molar-refractivity contribution in [1.29, 1.82) is 0 Å². The van der Waals surface area contributed by atoms with Crippen LogP contribution < -0.4 is 0 Å². The van der Waals surface area contributed by atoms with Gasteiger partial charge in [0.1, 0.15) is 23.0 Å². The monoisotopic (exact) mass is 332 g/mol. The van der Waals surface area contributed by atoms with Gasteiger partial charge in [-0.1, -0.05) is 30.3 Å². The summed E-state index contributed by atoms with van der Waals surface area (Å²) in [6.45, 7) is 1.45. The molecular formula is C19H16N4O2. The third kappa shape index (κ3) is 2.42. The summed E-state index contributed by atoms with van der Waals surface area (Å²) in [5, 5.41) is 7.94. The Morgan fingerprint density at radius 2 is 2.04 bits per heavy atom. The van der Waals surface area contributed by atoms with Gasteiger partial charge in [0.25, 0.3) is 0 Å². The molecule has 2 aromatic heterocycles. The van der Waals surface area contributed by atoms with Crippen molar-refractivity contribution in [3.05, 3.63) is 66.0 Å². The van der Waals surface area contributed by atoms with Crippen LogP contribution in [0.15, 0.2) is 59.5 Å². The van der Waals surface area contributed by atoms with Crippen molar-refractivity contribution < 1.29 is 9.37 Å². The van der Waals surface area contributed by atoms with Crippen molar-refractivity contribution in [2.45, 2.75) is 19.1 Å². The maximum atomic E-state index is 6.05. The molecule has 5 rings (SSSR count). The zero-order chi connectivity index (χ0) is 16.6. The fourth-order valence-electron chi connectivity index (χ4n) is 3.49. The highest BCUT2D eigenvalue weighted by Crippen LogP contribution is 2.31. The maximum Gasteiger partial charge on any atom is 0.146 e. The topological polar surface area (TPSA) is 66.0 Å². The average molecular weight is 332 g/mol. The van der Waals surface area contributed by atoms with E-state index in [9.17, 15) is 0 Å². The van der Waals surface area contributed by atoms with Gasteiger partial charge in [0.05, 0.1) is 13.2 Å². The molecule has 4 aromatic rings. The first-order valence-electron chi connectivity index (χ1n) is 8.32. The maximum absolute atomic E-state index is 6.05. The van der Waals surface area contributed by atoms with Gasteiger partial charge < -0.3 is 9.30 Å². The summed E-state index contributed by atoms with van der Waals surface area (Å²) in [5.74, 6) is 0.841. The smallest absolute Gasteiger partial charge is 0.146 e. The Morgan fingerprint density at radius 1 is 1.08 bits per heavy atom. The van der Waals surface area contributed by atoms with Gasteiger partial charge in [0, 0.05) is 18.0 Å². The van der Waals surface area contributed by atoms with Crippen LogP contribution in [0.3, 0.4) is 0 Å². The Balaban J connectivity index is 1.54. The summed E-state index contributed by atoms with van der Waals surface area (Å²) in [6.07, 6.45) is 4.76. The predicted octanol–water partition coefficient (Wildman–Crippen LogP) is 3.40. The summed E-state index contributed by atoms with van der Waals surface area (Å²) in [6, 6.07) is 14.3. The van der Waals surface area contributed by atoms with E-state index in [4.69, 9.17) is 9.37 Å². The Kier molecular flexibility index (Phi) is 3.34. The molecule has 25 heavy (non-hydrogen) atoms. The molecule has 124 valence electrons. The lowest BCUT2D eigenvalue weighted by molar-refractivity contribution is 0.0309. The standard InChI is InChI=1S/C19H16N4O2/c1-2-5-14-13(4-1)8-11-24-17(14)12-23-10-9-20-19(23)15-6-3-7-16-18(15)22-25-21-16/h1-7,9-10,17H,8,11-12H2. The Hall–Kier alpha value is -2.99. The minimum atomic E-state index is 0.0209. The molecule has 0 radical (unpaired) electrons. The summed E-state index contributed by atoms with van der Waals surface area (Å²) < 4.78 is 13.0. The van der Waals surface area contributed by atoms with Crippen LogP contribution in [-0.2, 0) is 17.7 Å². The van der Waals surface area contributed by atoms with Crippen molar-refractivity contribution in [2.24, 2.45) is 0 Å². The number of fused-ring (bicyclic) bond motifs is 2. The number of ether oxygens (including phenoxy) is 1. The van der Waals surface area contributed by atoms with E-state index in [1.165, 1.54) is 11.1 Å². The Bertz CT molecular complexity index is 1040. The van der Waals surface area contributed by atoms with E-state index < -0.39 is 0 Å². The zero-order valence-electron chi connectivity index (χ0n) is 13.5. The number of hydrogen-bond donors (Lipinski definition) is 0. The van der Waals surface area contributed by atoms with Crippen LogP contribution in [0.25, 0.3) is 22.4 Å². The largest absolute Gasteiger partial charge is 0.371 e. The van der Waals surface area contributed by atoms with E-state index in [1.807, 2.05) is 24.4 Å². The van der Waals surface area contributed by atoms with E-state index in [0.717, 1.165) is 35.4 Å². The quantitative estimate of drug-likeness (QED) is 0.575. The molecule has 0 bridgehead atoms. The molecule has 1 aliphatic heterocycles. The van der Waals surface area contributed by atoms with Gasteiger partial charge >= 0.3 is 0 Å². The molecule has 0 N–H and O–H groups in total. The zero-order valence-corrected chi connectivity index (χ0v) is 13.5. The normalized spacial score (nSPS) is 16.9. The molecule has 0 saturated carbocycles. The van der Waals surface area contributed by atoms with Gasteiger partial charge in [0.2, 0.25) is 0 Å². The molecule has 2 aromatic carbocycles. The van der Waals surface area contributed by atoms with Gasteiger partial charge in [0.15, 0.2) is 0 Å². The second-order valence-corrected chi connectivity index (χ2v) is 6.15. The highest BCUT2D eigenvalue weighted by molar-refractivity contribution is 5.88. The molecule has 0 aliphatic carbocycles. The molecule has 0 spiro atoms. The van der Waals surface area contributed by atoms with Gasteiger partial charge in [-0.3, -0.25) is 0 Å². The van der Waals surface area contributed by atoms with Gasteiger partial charge in [-0.25, -0.2) is 9.61 Å². The first-order chi connectivity index (χ1) is 12.4. The minimum absolute atomic E-state index is 0.0209. The van der Waals surface area contributed by atoms with Crippen molar-refractivity contribution in [2.75, 3.05) is 6.61 Å². The van der Waals surface area contributed by atoms with Gasteiger partial charge in [-0.2, -0.15) is 0 Å². The molecule has 0 saturated heterocycles. The number of imidazole rings is 1.